The van der Waals surface area contributed by atoms with Crippen molar-refractivity contribution in [2.45, 2.75) is 13.5 Å². The molecule has 0 saturated heterocycles. The van der Waals surface area contributed by atoms with Gasteiger partial charge in [-0.15, -0.1) is 0 Å². The van der Waals surface area contributed by atoms with E-state index >= 15 is 0 Å². The summed E-state index contributed by atoms with van der Waals surface area (Å²) in [6, 6.07) is 11.3. The summed E-state index contributed by atoms with van der Waals surface area (Å²) in [5.41, 5.74) is 0.864. The quantitative estimate of drug-likeness (QED) is 0.622. The van der Waals surface area contributed by atoms with Crippen molar-refractivity contribution in [2.24, 2.45) is 4.99 Å². The number of halogens is 2. The molecule has 0 aliphatic carbocycles. The first kappa shape index (κ1) is 17.8. The number of hydrogen-bond donors (Lipinski definition) is 0. The van der Waals surface area contributed by atoms with E-state index < -0.39 is 11.7 Å². The SMILES string of the molecule is CCOCCn1c(=NC(=O)c2ccccc2F)sc2cc(Cl)ccc21. The molecule has 1 aromatic heterocycles. The van der Waals surface area contributed by atoms with Crippen LogP contribution in [0.1, 0.15) is 17.3 Å². The number of aromatic nitrogens is 1. The molecular formula is C18H16ClFN2O2S. The molecule has 0 unspecified atom stereocenters. The summed E-state index contributed by atoms with van der Waals surface area (Å²) in [6.07, 6.45) is 0. The molecule has 1 heterocycles. The number of carbonyl (C=O) groups is 1. The molecule has 1 amide bonds. The Hall–Kier alpha value is -2.02. The molecule has 0 fully saturated rings. The van der Waals surface area contributed by atoms with Gasteiger partial charge in [-0.25, -0.2) is 4.39 Å². The van der Waals surface area contributed by atoms with Crippen LogP contribution in [0.2, 0.25) is 5.02 Å². The molecule has 2 aromatic carbocycles. The first-order valence-corrected chi connectivity index (χ1v) is 9.00. The van der Waals surface area contributed by atoms with Crippen LogP contribution in [0.25, 0.3) is 10.2 Å². The van der Waals surface area contributed by atoms with Gasteiger partial charge < -0.3 is 9.30 Å². The summed E-state index contributed by atoms with van der Waals surface area (Å²) < 4.78 is 22.0. The van der Waals surface area contributed by atoms with Crippen LogP contribution in [-0.4, -0.2) is 23.7 Å². The Kier molecular flexibility index (Phi) is 5.63. The fraction of sp³-hybridized carbons (Fsp3) is 0.222. The Morgan fingerprint density at radius 3 is 2.88 bits per heavy atom. The second-order valence-corrected chi connectivity index (χ2v) is 6.69. The lowest BCUT2D eigenvalue weighted by molar-refractivity contribution is 0.0993. The zero-order valence-corrected chi connectivity index (χ0v) is 15.1. The molecule has 4 nitrogen and oxygen atoms in total. The number of rotatable bonds is 5. The summed E-state index contributed by atoms with van der Waals surface area (Å²) in [7, 11) is 0. The maximum absolute atomic E-state index is 13.8. The molecular weight excluding hydrogens is 363 g/mol. The molecule has 0 spiro atoms. The molecule has 7 heteroatoms. The molecule has 3 aromatic rings. The molecule has 0 saturated carbocycles. The van der Waals surface area contributed by atoms with E-state index in [1.54, 1.807) is 12.1 Å². The third kappa shape index (κ3) is 3.98. The normalized spacial score (nSPS) is 12.0. The minimum atomic E-state index is -0.610. The van der Waals surface area contributed by atoms with Gasteiger partial charge in [0.15, 0.2) is 4.80 Å². The number of benzene rings is 2. The molecule has 3 rings (SSSR count). The highest BCUT2D eigenvalue weighted by atomic mass is 35.5. The average Bonchev–Trinajstić information content (AvgIpc) is 2.92. The van der Waals surface area contributed by atoms with E-state index in [9.17, 15) is 9.18 Å². The van der Waals surface area contributed by atoms with Gasteiger partial charge in [-0.3, -0.25) is 4.79 Å². The van der Waals surface area contributed by atoms with Crippen LogP contribution >= 0.6 is 22.9 Å². The average molecular weight is 379 g/mol. The Balaban J connectivity index is 2.08. The van der Waals surface area contributed by atoms with E-state index in [4.69, 9.17) is 16.3 Å². The first-order valence-electron chi connectivity index (χ1n) is 7.80. The number of ether oxygens (including phenoxy) is 1. The standard InChI is InChI=1S/C18H16ClFN2O2S/c1-2-24-10-9-22-15-8-7-12(19)11-16(15)25-18(22)21-17(23)13-5-3-4-6-14(13)20/h3-8,11H,2,9-10H2,1H3. The van der Waals surface area contributed by atoms with Crippen LogP contribution in [0.15, 0.2) is 47.5 Å². The highest BCUT2D eigenvalue weighted by Crippen LogP contribution is 2.22. The van der Waals surface area contributed by atoms with E-state index in [0.29, 0.717) is 29.6 Å². The van der Waals surface area contributed by atoms with Crippen LogP contribution in [0.4, 0.5) is 4.39 Å². The number of fused-ring (bicyclic) bond motifs is 1. The van der Waals surface area contributed by atoms with Crippen molar-refractivity contribution in [3.8, 4) is 0 Å². The molecule has 0 atom stereocenters. The highest BCUT2D eigenvalue weighted by Gasteiger charge is 2.12. The van der Waals surface area contributed by atoms with Crippen LogP contribution < -0.4 is 4.80 Å². The maximum Gasteiger partial charge on any atom is 0.282 e. The molecule has 0 radical (unpaired) electrons. The van der Waals surface area contributed by atoms with Crippen molar-refractivity contribution in [1.29, 1.82) is 0 Å². The van der Waals surface area contributed by atoms with Crippen molar-refractivity contribution in [2.75, 3.05) is 13.2 Å². The van der Waals surface area contributed by atoms with Crippen molar-refractivity contribution < 1.29 is 13.9 Å². The predicted molar refractivity (Wildman–Crippen MR) is 97.6 cm³/mol. The van der Waals surface area contributed by atoms with Crippen LogP contribution in [-0.2, 0) is 11.3 Å². The van der Waals surface area contributed by atoms with Gasteiger partial charge in [0.05, 0.1) is 22.4 Å². The van der Waals surface area contributed by atoms with E-state index in [0.717, 1.165) is 10.2 Å². The third-order valence-corrected chi connectivity index (χ3v) is 4.89. The summed E-state index contributed by atoms with van der Waals surface area (Å²) >= 11 is 7.39. The fourth-order valence-corrected chi connectivity index (χ4v) is 3.76. The highest BCUT2D eigenvalue weighted by molar-refractivity contribution is 7.16. The van der Waals surface area contributed by atoms with Crippen molar-refractivity contribution in [3.05, 3.63) is 63.7 Å². The van der Waals surface area contributed by atoms with Gasteiger partial charge in [0.25, 0.3) is 5.91 Å². The Morgan fingerprint density at radius 2 is 2.12 bits per heavy atom. The van der Waals surface area contributed by atoms with E-state index in [1.165, 1.54) is 29.5 Å². The number of hydrogen-bond acceptors (Lipinski definition) is 3. The lowest BCUT2D eigenvalue weighted by Gasteiger charge is -2.05. The van der Waals surface area contributed by atoms with Crippen molar-refractivity contribution in [3.63, 3.8) is 0 Å². The number of nitrogens with zero attached hydrogens (tertiary/aromatic N) is 2. The minimum Gasteiger partial charge on any atom is -0.380 e. The summed E-state index contributed by atoms with van der Waals surface area (Å²) in [4.78, 5) is 17.0. The van der Waals surface area contributed by atoms with Gasteiger partial charge in [0, 0.05) is 18.2 Å². The smallest absolute Gasteiger partial charge is 0.282 e. The van der Waals surface area contributed by atoms with E-state index in [1.807, 2.05) is 23.6 Å². The van der Waals surface area contributed by atoms with E-state index in [-0.39, 0.29) is 5.56 Å². The minimum absolute atomic E-state index is 0.0469. The van der Waals surface area contributed by atoms with E-state index in [2.05, 4.69) is 4.99 Å². The lowest BCUT2D eigenvalue weighted by Crippen LogP contribution is -2.20. The summed E-state index contributed by atoms with van der Waals surface area (Å²) in [5, 5.41) is 0.609. The monoisotopic (exact) mass is 378 g/mol. The second kappa shape index (κ2) is 7.91. The van der Waals surface area contributed by atoms with Gasteiger partial charge in [-0.1, -0.05) is 35.1 Å². The molecule has 130 valence electrons. The maximum atomic E-state index is 13.8. The zero-order chi connectivity index (χ0) is 17.8. The van der Waals surface area contributed by atoms with Gasteiger partial charge in [-0.05, 0) is 37.3 Å². The molecule has 0 aliphatic rings. The lowest BCUT2D eigenvalue weighted by atomic mass is 10.2. The number of carbonyl (C=O) groups excluding carboxylic acids is 1. The van der Waals surface area contributed by atoms with Gasteiger partial charge in [0.2, 0.25) is 0 Å². The van der Waals surface area contributed by atoms with Gasteiger partial charge in [-0.2, -0.15) is 4.99 Å². The van der Waals surface area contributed by atoms with Crippen LogP contribution in [0.5, 0.6) is 0 Å². The molecule has 0 aliphatic heterocycles. The molecule has 25 heavy (non-hydrogen) atoms. The number of amides is 1. The van der Waals surface area contributed by atoms with Crippen LogP contribution in [0.3, 0.4) is 0 Å². The molecule has 0 N–H and O–H groups in total. The molecule has 0 bridgehead atoms. The zero-order valence-electron chi connectivity index (χ0n) is 13.5. The summed E-state index contributed by atoms with van der Waals surface area (Å²) in [5.74, 6) is -1.19. The van der Waals surface area contributed by atoms with Crippen LogP contribution in [0, 0.1) is 5.82 Å². The Labute approximate surface area is 153 Å². The van der Waals surface area contributed by atoms with Gasteiger partial charge >= 0.3 is 0 Å². The number of thiazole rings is 1. The second-order valence-electron chi connectivity index (χ2n) is 5.24. The first-order chi connectivity index (χ1) is 12.1. The van der Waals surface area contributed by atoms with Crippen molar-refractivity contribution >= 4 is 39.1 Å². The van der Waals surface area contributed by atoms with Crippen molar-refractivity contribution in [1.82, 2.24) is 4.57 Å². The van der Waals surface area contributed by atoms with Gasteiger partial charge in [0.1, 0.15) is 5.82 Å². The topological polar surface area (TPSA) is 43.6 Å². The summed E-state index contributed by atoms with van der Waals surface area (Å²) in [6.45, 7) is 3.56. The Morgan fingerprint density at radius 1 is 1.32 bits per heavy atom. The predicted octanol–water partition coefficient (Wildman–Crippen LogP) is 4.27. The Bertz CT molecular complexity index is 981. The fourth-order valence-electron chi connectivity index (χ4n) is 2.43. The third-order valence-electron chi connectivity index (χ3n) is 3.61. The largest absolute Gasteiger partial charge is 0.380 e.